The normalized spacial score (nSPS) is 14.7. The molecule has 1 fully saturated rings. The fraction of sp³-hybridized carbons (Fsp3) is 0.500. The molecule has 0 radical (unpaired) electrons. The number of carbonyl (C=O) groups excluding carboxylic acids is 1. The van der Waals surface area contributed by atoms with Gasteiger partial charge in [-0.3, -0.25) is 9.78 Å². The van der Waals surface area contributed by atoms with E-state index in [0.29, 0.717) is 6.61 Å². The summed E-state index contributed by atoms with van der Waals surface area (Å²) in [7, 11) is 0. The minimum absolute atomic E-state index is 0.149. The zero-order valence-corrected chi connectivity index (χ0v) is 17.9. The highest BCUT2D eigenvalue weighted by atomic mass is 16.5. The number of aromatic nitrogens is 1. The maximum absolute atomic E-state index is 11.8. The van der Waals surface area contributed by atoms with Gasteiger partial charge in [0.2, 0.25) is 0 Å². The van der Waals surface area contributed by atoms with Gasteiger partial charge >= 0.3 is 5.97 Å². The van der Waals surface area contributed by atoms with Gasteiger partial charge in [0.15, 0.2) is 0 Å². The van der Waals surface area contributed by atoms with Crippen molar-refractivity contribution in [3.8, 4) is 0 Å². The van der Waals surface area contributed by atoms with Crippen LogP contribution >= 0.6 is 0 Å². The molecule has 3 rings (SSSR count). The first-order chi connectivity index (χ1) is 13.9. The van der Waals surface area contributed by atoms with E-state index in [-0.39, 0.29) is 5.97 Å². The van der Waals surface area contributed by atoms with Crippen molar-refractivity contribution in [1.82, 2.24) is 10.3 Å². The molecule has 0 atom stereocenters. The number of carbonyl (C=O) groups is 1. The van der Waals surface area contributed by atoms with E-state index < -0.39 is 5.41 Å². The van der Waals surface area contributed by atoms with E-state index in [4.69, 9.17) is 4.74 Å². The van der Waals surface area contributed by atoms with Crippen LogP contribution in [0.2, 0.25) is 0 Å². The second kappa shape index (κ2) is 9.88. The average Bonchev–Trinajstić information content (AvgIpc) is 2.73. The highest BCUT2D eigenvalue weighted by Gasteiger charge is 2.22. The molecule has 1 aliphatic heterocycles. The molecule has 0 unspecified atom stereocenters. The SMILES string of the molecule is CC(C)(C)C(=O)OCCc1ccc(CCc2ccc(N3CCNCC3)cn2)cc1. The van der Waals surface area contributed by atoms with Crippen molar-refractivity contribution < 1.29 is 9.53 Å². The molecule has 0 spiro atoms. The first-order valence-corrected chi connectivity index (χ1v) is 10.6. The summed E-state index contributed by atoms with van der Waals surface area (Å²) in [6, 6.07) is 12.9. The number of ether oxygens (including phenoxy) is 1. The summed E-state index contributed by atoms with van der Waals surface area (Å²) in [6.45, 7) is 10.2. The van der Waals surface area contributed by atoms with Crippen molar-refractivity contribution in [2.75, 3.05) is 37.7 Å². The van der Waals surface area contributed by atoms with Crippen LogP contribution in [0.15, 0.2) is 42.6 Å². The van der Waals surface area contributed by atoms with Gasteiger partial charge in [0.05, 0.1) is 23.9 Å². The van der Waals surface area contributed by atoms with E-state index in [2.05, 4.69) is 51.6 Å². The molecule has 2 aromatic rings. The third-order valence-corrected chi connectivity index (χ3v) is 5.22. The molecular formula is C24H33N3O2. The third kappa shape index (κ3) is 6.57. The Bertz CT molecular complexity index is 773. The Kier molecular flexibility index (Phi) is 7.26. The zero-order valence-electron chi connectivity index (χ0n) is 17.9. The highest BCUT2D eigenvalue weighted by Crippen LogP contribution is 2.16. The van der Waals surface area contributed by atoms with Gasteiger partial charge in [0, 0.05) is 38.3 Å². The lowest BCUT2D eigenvalue weighted by atomic mass is 9.97. The van der Waals surface area contributed by atoms with E-state index in [1.54, 1.807) is 0 Å². The van der Waals surface area contributed by atoms with Gasteiger partial charge in [-0.1, -0.05) is 24.3 Å². The first kappa shape index (κ1) is 21.3. The Morgan fingerprint density at radius 1 is 1.00 bits per heavy atom. The quantitative estimate of drug-likeness (QED) is 0.728. The molecule has 5 nitrogen and oxygen atoms in total. The number of pyridine rings is 1. The van der Waals surface area contributed by atoms with Crippen LogP contribution in [-0.2, 0) is 28.8 Å². The maximum Gasteiger partial charge on any atom is 0.311 e. The van der Waals surface area contributed by atoms with Crippen LogP contribution in [0.1, 0.15) is 37.6 Å². The summed E-state index contributed by atoms with van der Waals surface area (Å²) in [5.41, 5.74) is 4.39. The summed E-state index contributed by atoms with van der Waals surface area (Å²) < 4.78 is 5.35. The minimum atomic E-state index is -0.443. The Balaban J connectivity index is 1.43. The van der Waals surface area contributed by atoms with Crippen LogP contribution in [0, 0.1) is 5.41 Å². The molecule has 29 heavy (non-hydrogen) atoms. The van der Waals surface area contributed by atoms with Crippen LogP contribution in [0.25, 0.3) is 0 Å². The van der Waals surface area contributed by atoms with Crippen molar-refractivity contribution in [3.63, 3.8) is 0 Å². The molecule has 0 bridgehead atoms. The number of anilines is 1. The number of rotatable bonds is 7. The average molecular weight is 396 g/mol. The molecule has 1 aliphatic rings. The van der Waals surface area contributed by atoms with E-state index >= 15 is 0 Å². The second-order valence-electron chi connectivity index (χ2n) is 8.70. The monoisotopic (exact) mass is 395 g/mol. The number of esters is 1. The standard InChI is InChI=1S/C24H33N3O2/c1-24(2,3)23(28)29-17-12-20-6-4-19(5-7-20)8-9-21-10-11-22(18-26-21)27-15-13-25-14-16-27/h4-7,10-11,18,25H,8-9,12-17H2,1-3H3. The Labute approximate surface area is 174 Å². The number of hydrogen-bond donors (Lipinski definition) is 1. The summed E-state index contributed by atoms with van der Waals surface area (Å²) in [4.78, 5) is 18.8. The number of benzene rings is 1. The molecule has 5 heteroatoms. The van der Waals surface area contributed by atoms with Crippen LogP contribution < -0.4 is 10.2 Å². The molecule has 0 saturated carbocycles. The molecule has 1 aromatic carbocycles. The van der Waals surface area contributed by atoms with Crippen molar-refractivity contribution in [1.29, 1.82) is 0 Å². The van der Waals surface area contributed by atoms with Gasteiger partial charge in [-0.2, -0.15) is 0 Å². The lowest BCUT2D eigenvalue weighted by Gasteiger charge is -2.29. The maximum atomic E-state index is 11.8. The van der Waals surface area contributed by atoms with Crippen LogP contribution in [-0.4, -0.2) is 43.7 Å². The summed E-state index contributed by atoms with van der Waals surface area (Å²) >= 11 is 0. The molecule has 0 aliphatic carbocycles. The molecule has 156 valence electrons. The lowest BCUT2D eigenvalue weighted by molar-refractivity contribution is -0.152. The Hall–Kier alpha value is -2.40. The van der Waals surface area contributed by atoms with Crippen LogP contribution in [0.4, 0.5) is 5.69 Å². The van der Waals surface area contributed by atoms with Crippen LogP contribution in [0.5, 0.6) is 0 Å². The van der Waals surface area contributed by atoms with Gasteiger partial charge in [0.1, 0.15) is 0 Å². The Morgan fingerprint density at radius 2 is 1.66 bits per heavy atom. The number of aryl methyl sites for hydroxylation is 2. The molecule has 1 aromatic heterocycles. The van der Waals surface area contributed by atoms with E-state index in [1.165, 1.54) is 16.8 Å². The predicted molar refractivity (Wildman–Crippen MR) is 117 cm³/mol. The van der Waals surface area contributed by atoms with Crippen molar-refractivity contribution >= 4 is 11.7 Å². The molecular weight excluding hydrogens is 362 g/mol. The predicted octanol–water partition coefficient (Wildman–Crippen LogP) is 3.41. The summed E-state index contributed by atoms with van der Waals surface area (Å²) in [5, 5.41) is 3.38. The van der Waals surface area contributed by atoms with E-state index in [0.717, 1.165) is 51.1 Å². The van der Waals surface area contributed by atoms with Gasteiger partial charge in [0.25, 0.3) is 0 Å². The molecule has 0 amide bonds. The van der Waals surface area contributed by atoms with E-state index in [9.17, 15) is 4.79 Å². The Morgan fingerprint density at radius 3 is 2.24 bits per heavy atom. The topological polar surface area (TPSA) is 54.5 Å². The van der Waals surface area contributed by atoms with E-state index in [1.807, 2.05) is 27.0 Å². The summed E-state index contributed by atoms with van der Waals surface area (Å²) in [5.74, 6) is -0.149. The lowest BCUT2D eigenvalue weighted by Crippen LogP contribution is -2.43. The molecule has 2 heterocycles. The second-order valence-corrected chi connectivity index (χ2v) is 8.70. The van der Waals surface area contributed by atoms with Crippen molar-refractivity contribution in [2.24, 2.45) is 5.41 Å². The van der Waals surface area contributed by atoms with Gasteiger partial charge in [-0.25, -0.2) is 0 Å². The number of hydrogen-bond acceptors (Lipinski definition) is 5. The van der Waals surface area contributed by atoms with Gasteiger partial charge < -0.3 is 15.0 Å². The number of nitrogens with zero attached hydrogens (tertiary/aromatic N) is 2. The smallest absolute Gasteiger partial charge is 0.311 e. The summed E-state index contributed by atoms with van der Waals surface area (Å²) in [6.07, 6.45) is 4.66. The minimum Gasteiger partial charge on any atom is -0.465 e. The number of piperazine rings is 1. The van der Waals surface area contributed by atoms with Gasteiger partial charge in [-0.15, -0.1) is 0 Å². The fourth-order valence-electron chi connectivity index (χ4n) is 3.30. The number of nitrogens with one attached hydrogen (secondary N) is 1. The molecule has 1 N–H and O–H groups in total. The van der Waals surface area contributed by atoms with Crippen molar-refractivity contribution in [3.05, 3.63) is 59.4 Å². The molecule has 1 saturated heterocycles. The van der Waals surface area contributed by atoms with Gasteiger partial charge in [-0.05, 0) is 56.9 Å². The highest BCUT2D eigenvalue weighted by molar-refractivity contribution is 5.75. The third-order valence-electron chi connectivity index (χ3n) is 5.22. The first-order valence-electron chi connectivity index (χ1n) is 10.6. The zero-order chi connectivity index (χ0) is 20.7. The van der Waals surface area contributed by atoms with Crippen LogP contribution in [0.3, 0.4) is 0 Å². The van der Waals surface area contributed by atoms with Crippen molar-refractivity contribution in [2.45, 2.75) is 40.0 Å². The largest absolute Gasteiger partial charge is 0.465 e. The fourth-order valence-corrected chi connectivity index (χ4v) is 3.30.